The van der Waals surface area contributed by atoms with Gasteiger partial charge in [0.15, 0.2) is 5.65 Å². The van der Waals surface area contributed by atoms with Gasteiger partial charge in [0.25, 0.3) is 0 Å². The summed E-state index contributed by atoms with van der Waals surface area (Å²) < 4.78 is 9.42. The van der Waals surface area contributed by atoms with Gasteiger partial charge in [-0.2, -0.15) is 10.2 Å². The molecule has 8 nitrogen and oxygen atoms in total. The van der Waals surface area contributed by atoms with E-state index in [1.54, 1.807) is 4.90 Å². The number of hydrogen-bond donors (Lipinski definition) is 0. The molecule has 0 spiro atoms. The van der Waals surface area contributed by atoms with Crippen LogP contribution >= 0.6 is 0 Å². The van der Waals surface area contributed by atoms with Gasteiger partial charge in [-0.15, -0.1) is 0 Å². The fraction of sp³-hybridized carbons (Fsp3) is 0.440. The van der Waals surface area contributed by atoms with Crippen LogP contribution in [-0.2, 0) is 4.74 Å². The van der Waals surface area contributed by atoms with E-state index < -0.39 is 5.60 Å². The third kappa shape index (κ3) is 4.29. The Balaban J connectivity index is 1.35. The Hall–Kier alpha value is -3.42. The Labute approximate surface area is 193 Å². The molecule has 1 fully saturated rings. The van der Waals surface area contributed by atoms with Gasteiger partial charge in [-0.05, 0) is 71.2 Å². The molecule has 0 radical (unpaired) electrons. The van der Waals surface area contributed by atoms with E-state index in [0.717, 1.165) is 51.9 Å². The maximum absolute atomic E-state index is 12.3. The third-order valence-corrected chi connectivity index (χ3v) is 6.04. The van der Waals surface area contributed by atoms with Crippen molar-refractivity contribution >= 4 is 22.6 Å². The summed E-state index contributed by atoms with van der Waals surface area (Å²) >= 11 is 0. The van der Waals surface area contributed by atoms with Gasteiger partial charge in [0.05, 0.1) is 29.1 Å². The molecule has 0 aliphatic carbocycles. The minimum absolute atomic E-state index is 0.232. The Morgan fingerprint density at radius 2 is 1.82 bits per heavy atom. The fourth-order valence-electron chi connectivity index (χ4n) is 4.42. The molecular formula is C25H30N6O2. The van der Waals surface area contributed by atoms with Crippen LogP contribution in [0, 0.1) is 13.8 Å². The summed E-state index contributed by atoms with van der Waals surface area (Å²) in [4.78, 5) is 18.7. The normalized spacial score (nSPS) is 15.5. The van der Waals surface area contributed by atoms with E-state index in [-0.39, 0.29) is 12.1 Å². The highest BCUT2D eigenvalue weighted by molar-refractivity contribution is 5.83. The summed E-state index contributed by atoms with van der Waals surface area (Å²) in [5.74, 6) is 0. The molecule has 1 aromatic carbocycles. The maximum Gasteiger partial charge on any atom is 0.410 e. The summed E-state index contributed by atoms with van der Waals surface area (Å²) in [6, 6.07) is 8.62. The van der Waals surface area contributed by atoms with Crippen LogP contribution in [0.3, 0.4) is 0 Å². The molecule has 4 heterocycles. The van der Waals surface area contributed by atoms with Crippen LogP contribution in [0.2, 0.25) is 0 Å². The summed E-state index contributed by atoms with van der Waals surface area (Å²) in [7, 11) is 0. The van der Waals surface area contributed by atoms with Gasteiger partial charge in [-0.25, -0.2) is 14.3 Å². The average molecular weight is 447 g/mol. The Bertz CT molecular complexity index is 1340. The predicted octanol–water partition coefficient (Wildman–Crippen LogP) is 4.93. The molecule has 0 unspecified atom stereocenters. The number of nitrogens with zero attached hydrogens (tertiary/aromatic N) is 6. The molecule has 8 heteroatoms. The molecule has 0 N–H and O–H groups in total. The van der Waals surface area contributed by atoms with Crippen LogP contribution in [0.1, 0.15) is 50.9 Å². The number of piperidine rings is 1. The van der Waals surface area contributed by atoms with Crippen LogP contribution in [0.5, 0.6) is 0 Å². The van der Waals surface area contributed by atoms with E-state index >= 15 is 0 Å². The zero-order valence-electron chi connectivity index (χ0n) is 19.9. The number of benzene rings is 1. The van der Waals surface area contributed by atoms with Gasteiger partial charge in [0, 0.05) is 30.2 Å². The third-order valence-electron chi connectivity index (χ3n) is 6.04. The molecule has 4 aromatic rings. The summed E-state index contributed by atoms with van der Waals surface area (Å²) in [6.07, 6.45) is 5.55. The van der Waals surface area contributed by atoms with E-state index in [0.29, 0.717) is 13.1 Å². The van der Waals surface area contributed by atoms with Crippen molar-refractivity contribution in [2.45, 2.75) is 59.1 Å². The fourth-order valence-corrected chi connectivity index (χ4v) is 4.42. The molecule has 0 atom stereocenters. The lowest BCUT2D eigenvalue weighted by Crippen LogP contribution is -2.42. The highest BCUT2D eigenvalue weighted by Gasteiger charge is 2.28. The minimum Gasteiger partial charge on any atom is -0.444 e. The molecule has 0 saturated carbocycles. The van der Waals surface area contributed by atoms with E-state index in [1.165, 1.54) is 0 Å². The first-order chi connectivity index (χ1) is 15.7. The highest BCUT2D eigenvalue weighted by Crippen LogP contribution is 2.28. The number of rotatable bonds is 2. The molecule has 1 aliphatic heterocycles. The number of ether oxygens (including phenoxy) is 1. The van der Waals surface area contributed by atoms with E-state index in [2.05, 4.69) is 47.1 Å². The van der Waals surface area contributed by atoms with Crippen molar-refractivity contribution in [3.8, 4) is 11.3 Å². The molecule has 172 valence electrons. The van der Waals surface area contributed by atoms with Crippen LogP contribution in [0.15, 0.2) is 36.7 Å². The smallest absolute Gasteiger partial charge is 0.410 e. The zero-order valence-corrected chi connectivity index (χ0v) is 19.9. The first kappa shape index (κ1) is 21.4. The monoisotopic (exact) mass is 446 g/mol. The van der Waals surface area contributed by atoms with Crippen molar-refractivity contribution in [3.63, 3.8) is 0 Å². The lowest BCUT2D eigenvalue weighted by atomic mass is 10.1. The number of aryl methyl sites for hydroxylation is 2. The number of hydrogen-bond acceptors (Lipinski definition) is 5. The molecule has 33 heavy (non-hydrogen) atoms. The summed E-state index contributed by atoms with van der Waals surface area (Å²) in [6.45, 7) is 11.1. The first-order valence-corrected chi connectivity index (χ1v) is 11.5. The largest absolute Gasteiger partial charge is 0.444 e. The molecule has 0 bridgehead atoms. The van der Waals surface area contributed by atoms with Crippen molar-refractivity contribution in [3.05, 3.63) is 47.9 Å². The van der Waals surface area contributed by atoms with Gasteiger partial charge in [-0.1, -0.05) is 6.07 Å². The maximum atomic E-state index is 12.3. The Morgan fingerprint density at radius 3 is 2.55 bits per heavy atom. The molecule has 5 rings (SSSR count). The highest BCUT2D eigenvalue weighted by atomic mass is 16.6. The lowest BCUT2D eigenvalue weighted by Gasteiger charge is -2.33. The molecule has 1 saturated heterocycles. The average Bonchev–Trinajstić information content (AvgIpc) is 3.35. The number of aromatic nitrogens is 5. The van der Waals surface area contributed by atoms with Gasteiger partial charge < -0.3 is 9.64 Å². The number of likely N-dealkylation sites (tertiary alicyclic amines) is 1. The Morgan fingerprint density at radius 1 is 1.06 bits per heavy atom. The second kappa shape index (κ2) is 7.86. The quantitative estimate of drug-likeness (QED) is 0.436. The second-order valence-electron chi connectivity index (χ2n) is 9.94. The van der Waals surface area contributed by atoms with Crippen molar-refractivity contribution in [1.29, 1.82) is 0 Å². The van der Waals surface area contributed by atoms with Crippen molar-refractivity contribution in [2.75, 3.05) is 13.1 Å². The first-order valence-electron chi connectivity index (χ1n) is 11.5. The second-order valence-corrected chi connectivity index (χ2v) is 9.94. The number of carbonyl (C=O) groups is 1. The number of amides is 1. The van der Waals surface area contributed by atoms with Crippen molar-refractivity contribution in [2.24, 2.45) is 0 Å². The van der Waals surface area contributed by atoms with Crippen molar-refractivity contribution in [1.82, 2.24) is 29.3 Å². The number of fused-ring (bicyclic) bond motifs is 2. The minimum atomic E-state index is -0.472. The van der Waals surface area contributed by atoms with Crippen LogP contribution in [0.4, 0.5) is 4.79 Å². The van der Waals surface area contributed by atoms with Crippen molar-refractivity contribution < 1.29 is 9.53 Å². The molecule has 1 aliphatic rings. The number of carbonyl (C=O) groups excluding carboxylic acids is 1. The standard InChI is InChI=1S/C25H30N6O2/c1-16-12-22(28-31-14-17(2)26-23(16)31)18-6-7-21-19(13-18)15-30(27-21)20-8-10-29(11-9-20)24(32)33-25(3,4)5/h6-7,12-15,20H,8-11H2,1-5H3. The summed E-state index contributed by atoms with van der Waals surface area (Å²) in [5.41, 5.74) is 5.40. The summed E-state index contributed by atoms with van der Waals surface area (Å²) in [5, 5.41) is 10.7. The zero-order chi connectivity index (χ0) is 23.3. The van der Waals surface area contributed by atoms with Crippen LogP contribution < -0.4 is 0 Å². The van der Waals surface area contributed by atoms with Crippen LogP contribution in [0.25, 0.3) is 27.8 Å². The number of imidazole rings is 1. The van der Waals surface area contributed by atoms with Gasteiger partial charge >= 0.3 is 6.09 Å². The van der Waals surface area contributed by atoms with E-state index in [1.807, 2.05) is 38.4 Å². The van der Waals surface area contributed by atoms with E-state index in [4.69, 9.17) is 14.9 Å². The van der Waals surface area contributed by atoms with Gasteiger partial charge in [0.2, 0.25) is 0 Å². The molecular weight excluding hydrogens is 416 g/mol. The van der Waals surface area contributed by atoms with Gasteiger partial charge in [-0.3, -0.25) is 4.68 Å². The SMILES string of the molecule is Cc1cn2nc(-c3ccc4nn(C5CCN(C(=O)OC(C)(C)C)CC5)cc4c3)cc(C)c2n1. The molecule has 3 aromatic heterocycles. The topological polar surface area (TPSA) is 77.6 Å². The lowest BCUT2D eigenvalue weighted by molar-refractivity contribution is 0.0185. The van der Waals surface area contributed by atoms with Gasteiger partial charge in [0.1, 0.15) is 5.60 Å². The predicted molar refractivity (Wildman–Crippen MR) is 127 cm³/mol. The molecule has 1 amide bonds. The Kier molecular flexibility index (Phi) is 5.11. The van der Waals surface area contributed by atoms with E-state index in [9.17, 15) is 4.79 Å². The van der Waals surface area contributed by atoms with Crippen LogP contribution in [-0.4, -0.2) is 54.1 Å².